The van der Waals surface area contributed by atoms with Gasteiger partial charge in [-0.05, 0) is 47.5 Å². The van der Waals surface area contributed by atoms with Crippen molar-refractivity contribution < 1.29 is 0 Å². The average molecular weight is 287 g/mol. The molecule has 22 heavy (non-hydrogen) atoms. The monoisotopic (exact) mass is 287 g/mol. The van der Waals surface area contributed by atoms with Crippen molar-refractivity contribution in [1.82, 2.24) is 5.32 Å². The van der Waals surface area contributed by atoms with E-state index in [4.69, 9.17) is 0 Å². The van der Waals surface area contributed by atoms with Crippen LogP contribution in [-0.2, 0) is 13.1 Å². The summed E-state index contributed by atoms with van der Waals surface area (Å²) in [4.78, 5) is 9.00. The molecule has 2 aliphatic rings. The molecule has 0 saturated heterocycles. The highest BCUT2D eigenvalue weighted by Crippen LogP contribution is 2.39. The Morgan fingerprint density at radius 3 is 2.77 bits per heavy atom. The van der Waals surface area contributed by atoms with Gasteiger partial charge in [0.2, 0.25) is 0 Å². The Balaban J connectivity index is 1.78. The number of hydrogen-bond donors (Lipinski definition) is 1. The SMILES string of the molecule is CNCc1ccc(-c2cc3c4c(c2)N=CC4=CC=NC3)cc1. The Morgan fingerprint density at radius 1 is 1.09 bits per heavy atom. The molecule has 0 fully saturated rings. The molecule has 4 rings (SSSR count). The lowest BCUT2D eigenvalue weighted by atomic mass is 9.94. The summed E-state index contributed by atoms with van der Waals surface area (Å²) >= 11 is 0. The molecule has 3 heteroatoms. The molecule has 0 saturated carbocycles. The fraction of sp³-hybridized carbons (Fsp3) is 0.158. The second-order valence-electron chi connectivity index (χ2n) is 5.63. The summed E-state index contributed by atoms with van der Waals surface area (Å²) < 4.78 is 0. The lowest BCUT2D eigenvalue weighted by molar-refractivity contribution is 0.818. The maximum Gasteiger partial charge on any atom is 0.0718 e. The van der Waals surface area contributed by atoms with Crippen LogP contribution in [0.1, 0.15) is 16.7 Å². The maximum absolute atomic E-state index is 4.56. The minimum atomic E-state index is 0.720. The highest BCUT2D eigenvalue weighted by Gasteiger charge is 2.19. The third-order valence-corrected chi connectivity index (χ3v) is 4.12. The normalized spacial score (nSPS) is 14.7. The fourth-order valence-corrected chi connectivity index (χ4v) is 3.05. The zero-order valence-electron chi connectivity index (χ0n) is 12.5. The summed E-state index contributed by atoms with van der Waals surface area (Å²) in [6.07, 6.45) is 5.85. The molecule has 0 amide bonds. The minimum absolute atomic E-state index is 0.720. The summed E-state index contributed by atoms with van der Waals surface area (Å²) in [5.74, 6) is 0. The van der Waals surface area contributed by atoms with Crippen molar-refractivity contribution >= 4 is 23.7 Å². The van der Waals surface area contributed by atoms with Gasteiger partial charge < -0.3 is 5.32 Å². The van der Waals surface area contributed by atoms with Gasteiger partial charge in [0.1, 0.15) is 0 Å². The number of rotatable bonds is 3. The van der Waals surface area contributed by atoms with E-state index in [1.165, 1.54) is 33.4 Å². The first-order valence-electron chi connectivity index (χ1n) is 7.50. The first-order valence-corrected chi connectivity index (χ1v) is 7.50. The lowest BCUT2D eigenvalue weighted by Gasteiger charge is -2.10. The van der Waals surface area contributed by atoms with Gasteiger partial charge in [0, 0.05) is 30.1 Å². The molecule has 0 unspecified atom stereocenters. The molecule has 3 nitrogen and oxygen atoms in total. The predicted molar refractivity (Wildman–Crippen MR) is 93.0 cm³/mol. The van der Waals surface area contributed by atoms with Gasteiger partial charge in [-0.25, -0.2) is 0 Å². The zero-order valence-corrected chi connectivity index (χ0v) is 12.5. The average Bonchev–Trinajstić information content (AvgIpc) is 2.83. The number of hydrogen-bond acceptors (Lipinski definition) is 3. The molecule has 0 bridgehead atoms. The number of nitrogens with one attached hydrogen (secondary N) is 1. The van der Waals surface area contributed by atoms with E-state index in [9.17, 15) is 0 Å². The molecule has 0 aliphatic carbocycles. The first-order chi connectivity index (χ1) is 10.8. The van der Waals surface area contributed by atoms with Crippen molar-refractivity contribution in [3.05, 3.63) is 59.2 Å². The highest BCUT2D eigenvalue weighted by atomic mass is 14.8. The quantitative estimate of drug-likeness (QED) is 0.917. The van der Waals surface area contributed by atoms with Crippen LogP contribution in [0.5, 0.6) is 0 Å². The van der Waals surface area contributed by atoms with Gasteiger partial charge in [0.25, 0.3) is 0 Å². The van der Waals surface area contributed by atoms with Crippen molar-refractivity contribution in [1.29, 1.82) is 0 Å². The van der Waals surface area contributed by atoms with Crippen LogP contribution in [-0.4, -0.2) is 19.5 Å². The molecule has 2 aromatic rings. The van der Waals surface area contributed by atoms with Gasteiger partial charge in [-0.2, -0.15) is 0 Å². The molecule has 108 valence electrons. The Kier molecular flexibility index (Phi) is 3.20. The molecule has 0 aromatic heterocycles. The van der Waals surface area contributed by atoms with Gasteiger partial charge in [-0.3, -0.25) is 9.98 Å². The summed E-state index contributed by atoms with van der Waals surface area (Å²) in [6.45, 7) is 1.61. The molecule has 2 aliphatic heterocycles. The van der Waals surface area contributed by atoms with Gasteiger partial charge in [0.05, 0.1) is 12.2 Å². The van der Waals surface area contributed by atoms with Crippen LogP contribution in [0, 0.1) is 0 Å². The number of nitrogens with zero attached hydrogens (tertiary/aromatic N) is 2. The van der Waals surface area contributed by atoms with Crippen molar-refractivity contribution in [2.45, 2.75) is 13.1 Å². The smallest absolute Gasteiger partial charge is 0.0718 e. The minimum Gasteiger partial charge on any atom is -0.316 e. The van der Waals surface area contributed by atoms with Crippen molar-refractivity contribution in [3.8, 4) is 11.1 Å². The van der Waals surface area contributed by atoms with Crippen molar-refractivity contribution in [2.75, 3.05) is 7.05 Å². The predicted octanol–water partition coefficient (Wildman–Crippen LogP) is 3.76. The van der Waals surface area contributed by atoms with Gasteiger partial charge in [0.15, 0.2) is 0 Å². The van der Waals surface area contributed by atoms with Crippen LogP contribution in [0.25, 0.3) is 16.7 Å². The van der Waals surface area contributed by atoms with Crippen LogP contribution in [0.4, 0.5) is 5.69 Å². The Bertz CT molecular complexity index is 811. The van der Waals surface area contributed by atoms with E-state index in [0.29, 0.717) is 0 Å². The van der Waals surface area contributed by atoms with Crippen LogP contribution >= 0.6 is 0 Å². The Labute approximate surface area is 130 Å². The Hall–Kier alpha value is -2.52. The summed E-state index contributed by atoms with van der Waals surface area (Å²) in [7, 11) is 1.96. The number of aliphatic imine (C=N–C) groups is 2. The molecule has 0 spiro atoms. The van der Waals surface area contributed by atoms with E-state index < -0.39 is 0 Å². The summed E-state index contributed by atoms with van der Waals surface area (Å²) in [6, 6.07) is 13.1. The summed E-state index contributed by atoms with van der Waals surface area (Å²) in [5.41, 5.74) is 8.45. The second-order valence-corrected chi connectivity index (χ2v) is 5.63. The van der Waals surface area contributed by atoms with Crippen LogP contribution in [0.3, 0.4) is 0 Å². The third-order valence-electron chi connectivity index (χ3n) is 4.12. The first kappa shape index (κ1) is 13.2. The number of benzene rings is 2. The largest absolute Gasteiger partial charge is 0.316 e. The van der Waals surface area contributed by atoms with Gasteiger partial charge in [-0.15, -0.1) is 0 Å². The van der Waals surface area contributed by atoms with Crippen LogP contribution in [0.2, 0.25) is 0 Å². The molecule has 2 aromatic carbocycles. The molecule has 0 atom stereocenters. The Morgan fingerprint density at radius 2 is 1.95 bits per heavy atom. The van der Waals surface area contributed by atoms with Crippen molar-refractivity contribution in [3.63, 3.8) is 0 Å². The van der Waals surface area contributed by atoms with E-state index in [2.05, 4.69) is 51.7 Å². The van der Waals surface area contributed by atoms with Gasteiger partial charge in [-0.1, -0.05) is 24.3 Å². The van der Waals surface area contributed by atoms with E-state index in [1.54, 1.807) is 0 Å². The van der Waals surface area contributed by atoms with Crippen LogP contribution < -0.4 is 5.32 Å². The standard InChI is InChI=1S/C19H17N3/c1-20-10-13-2-4-14(5-3-13)16-8-17-11-21-7-6-15-12-22-18(9-16)19(15)17/h2-9,12,20H,10-11H2,1H3. The van der Waals surface area contributed by atoms with Crippen LogP contribution in [0.15, 0.2) is 52.5 Å². The van der Waals surface area contributed by atoms with E-state index in [1.807, 2.05) is 25.6 Å². The molecular weight excluding hydrogens is 270 g/mol. The molecular formula is C19H17N3. The van der Waals surface area contributed by atoms with E-state index in [0.717, 1.165) is 18.8 Å². The highest BCUT2D eigenvalue weighted by molar-refractivity contribution is 6.20. The molecule has 2 heterocycles. The fourth-order valence-electron chi connectivity index (χ4n) is 3.05. The van der Waals surface area contributed by atoms with E-state index in [-0.39, 0.29) is 0 Å². The van der Waals surface area contributed by atoms with E-state index >= 15 is 0 Å². The van der Waals surface area contributed by atoms with Crippen molar-refractivity contribution in [2.24, 2.45) is 9.98 Å². The maximum atomic E-state index is 4.56. The number of allylic oxidation sites excluding steroid dienone is 2. The topological polar surface area (TPSA) is 36.8 Å². The zero-order chi connectivity index (χ0) is 14.9. The molecule has 1 N–H and O–H groups in total. The second kappa shape index (κ2) is 5.35. The lowest BCUT2D eigenvalue weighted by Crippen LogP contribution is -2.04. The summed E-state index contributed by atoms with van der Waals surface area (Å²) in [5, 5.41) is 3.17. The van der Waals surface area contributed by atoms with Gasteiger partial charge >= 0.3 is 0 Å². The third kappa shape index (κ3) is 2.20. The molecule has 0 radical (unpaired) electrons.